The third-order valence-corrected chi connectivity index (χ3v) is 2.75. The predicted octanol–water partition coefficient (Wildman–Crippen LogP) is 1.24. The quantitative estimate of drug-likeness (QED) is 0.737. The maximum Gasteiger partial charge on any atom is 0.237 e. The van der Waals surface area contributed by atoms with Gasteiger partial charge in [-0.05, 0) is 38.8 Å². The smallest absolute Gasteiger partial charge is 0.237 e. The summed E-state index contributed by atoms with van der Waals surface area (Å²) in [5.74, 6) is 0.713. The summed E-state index contributed by atoms with van der Waals surface area (Å²) in [6, 6.07) is 0.0521. The molecule has 1 heterocycles. The lowest BCUT2D eigenvalue weighted by molar-refractivity contribution is -0.125. The normalized spacial score (nSPS) is 20.0. The Morgan fingerprint density at radius 1 is 1.29 bits per heavy atom. The summed E-state index contributed by atoms with van der Waals surface area (Å²) in [6.07, 6.45) is 2.48. The van der Waals surface area contributed by atoms with Crippen LogP contribution in [0, 0.1) is 5.92 Å². The number of hydrogen-bond donors (Lipinski definition) is 1. The first-order valence-corrected chi connectivity index (χ1v) is 5.63. The Balaban J connectivity index is 2.28. The molecule has 1 atom stereocenters. The second kappa shape index (κ2) is 5.35. The highest BCUT2D eigenvalue weighted by Gasteiger charge is 2.23. The van der Waals surface area contributed by atoms with E-state index in [1.54, 1.807) is 0 Å². The minimum absolute atomic E-state index is 0.0521. The Kier molecular flexibility index (Phi) is 4.39. The van der Waals surface area contributed by atoms with Crippen molar-refractivity contribution in [2.24, 2.45) is 5.92 Å². The van der Waals surface area contributed by atoms with Gasteiger partial charge in [0, 0.05) is 6.54 Å². The summed E-state index contributed by atoms with van der Waals surface area (Å²) in [5, 5.41) is 2.98. The summed E-state index contributed by atoms with van der Waals surface area (Å²) in [7, 11) is 0. The first kappa shape index (κ1) is 11.5. The summed E-state index contributed by atoms with van der Waals surface area (Å²) >= 11 is 0. The number of hydrogen-bond acceptors (Lipinski definition) is 2. The highest BCUT2D eigenvalue weighted by Crippen LogP contribution is 2.11. The summed E-state index contributed by atoms with van der Waals surface area (Å²) < 4.78 is 0. The van der Waals surface area contributed by atoms with Gasteiger partial charge >= 0.3 is 0 Å². The van der Waals surface area contributed by atoms with E-state index in [1.165, 1.54) is 12.8 Å². The molecule has 14 heavy (non-hydrogen) atoms. The van der Waals surface area contributed by atoms with Crippen LogP contribution in [0.25, 0.3) is 0 Å². The average Bonchev–Trinajstić information content (AvgIpc) is 2.65. The molecule has 1 aliphatic rings. The molecule has 0 unspecified atom stereocenters. The maximum absolute atomic E-state index is 11.7. The molecule has 0 radical (unpaired) electrons. The third kappa shape index (κ3) is 3.29. The zero-order valence-electron chi connectivity index (χ0n) is 9.55. The molecule has 82 valence electrons. The molecule has 1 amide bonds. The molecular weight excluding hydrogens is 176 g/mol. The molecule has 1 aliphatic heterocycles. The Hall–Kier alpha value is -0.570. The standard InChI is InChI=1S/C11H22N2O/c1-9(2)8-12-11(14)10(3)13-6-4-5-7-13/h9-10H,4-8H2,1-3H3,(H,12,14)/t10-/m0/s1. The Morgan fingerprint density at radius 2 is 1.86 bits per heavy atom. The van der Waals surface area contributed by atoms with Gasteiger partial charge in [0.05, 0.1) is 6.04 Å². The Bertz CT molecular complexity index is 186. The van der Waals surface area contributed by atoms with Gasteiger partial charge in [0.1, 0.15) is 0 Å². The molecule has 0 spiro atoms. The third-order valence-electron chi connectivity index (χ3n) is 2.75. The number of amides is 1. The van der Waals surface area contributed by atoms with Crippen molar-refractivity contribution in [1.82, 2.24) is 10.2 Å². The van der Waals surface area contributed by atoms with Gasteiger partial charge in [-0.15, -0.1) is 0 Å². The van der Waals surface area contributed by atoms with E-state index in [4.69, 9.17) is 0 Å². The van der Waals surface area contributed by atoms with Crippen LogP contribution in [0.3, 0.4) is 0 Å². The summed E-state index contributed by atoms with van der Waals surface area (Å²) in [6.45, 7) is 9.17. The van der Waals surface area contributed by atoms with Gasteiger partial charge in [-0.2, -0.15) is 0 Å². The molecule has 1 saturated heterocycles. The average molecular weight is 198 g/mol. The van der Waals surface area contributed by atoms with Crippen LogP contribution in [0.2, 0.25) is 0 Å². The van der Waals surface area contributed by atoms with Crippen LogP contribution in [0.5, 0.6) is 0 Å². The van der Waals surface area contributed by atoms with Crippen molar-refractivity contribution in [3.05, 3.63) is 0 Å². The Labute approximate surface area is 86.9 Å². The van der Waals surface area contributed by atoms with E-state index < -0.39 is 0 Å². The minimum Gasteiger partial charge on any atom is -0.354 e. The molecule has 0 aromatic rings. The first-order valence-electron chi connectivity index (χ1n) is 5.63. The van der Waals surface area contributed by atoms with E-state index >= 15 is 0 Å². The van der Waals surface area contributed by atoms with Crippen molar-refractivity contribution in [2.45, 2.75) is 39.7 Å². The molecule has 3 heteroatoms. The molecule has 3 nitrogen and oxygen atoms in total. The van der Waals surface area contributed by atoms with Crippen LogP contribution < -0.4 is 5.32 Å². The number of rotatable bonds is 4. The SMILES string of the molecule is CC(C)CNC(=O)[C@H](C)N1CCCC1. The lowest BCUT2D eigenvalue weighted by Crippen LogP contribution is -2.44. The minimum atomic E-state index is 0.0521. The van der Waals surface area contributed by atoms with Crippen molar-refractivity contribution in [1.29, 1.82) is 0 Å². The number of carbonyl (C=O) groups is 1. The van der Waals surface area contributed by atoms with Gasteiger partial charge in [-0.1, -0.05) is 13.8 Å². The van der Waals surface area contributed by atoms with E-state index in [9.17, 15) is 4.79 Å². The number of likely N-dealkylation sites (tertiary alicyclic amines) is 1. The topological polar surface area (TPSA) is 32.3 Å². The second-order valence-electron chi connectivity index (χ2n) is 4.56. The fraction of sp³-hybridized carbons (Fsp3) is 0.909. The predicted molar refractivity (Wildman–Crippen MR) is 58.1 cm³/mol. The molecule has 0 aromatic carbocycles. The van der Waals surface area contributed by atoms with Crippen LogP contribution in [0.1, 0.15) is 33.6 Å². The molecular formula is C11H22N2O. The van der Waals surface area contributed by atoms with E-state index in [2.05, 4.69) is 24.1 Å². The number of nitrogens with one attached hydrogen (secondary N) is 1. The lowest BCUT2D eigenvalue weighted by atomic mass is 10.2. The van der Waals surface area contributed by atoms with Crippen molar-refractivity contribution < 1.29 is 4.79 Å². The molecule has 0 aromatic heterocycles. The molecule has 1 N–H and O–H groups in total. The fourth-order valence-electron chi connectivity index (χ4n) is 1.75. The van der Waals surface area contributed by atoms with Crippen molar-refractivity contribution in [3.8, 4) is 0 Å². The molecule has 1 fully saturated rings. The van der Waals surface area contributed by atoms with Gasteiger partial charge in [-0.25, -0.2) is 0 Å². The zero-order valence-corrected chi connectivity index (χ0v) is 9.55. The van der Waals surface area contributed by atoms with E-state index in [0.717, 1.165) is 19.6 Å². The van der Waals surface area contributed by atoms with E-state index in [-0.39, 0.29) is 11.9 Å². The molecule has 0 bridgehead atoms. The molecule has 1 rings (SSSR count). The van der Waals surface area contributed by atoms with Crippen LogP contribution in [0.4, 0.5) is 0 Å². The van der Waals surface area contributed by atoms with E-state index in [0.29, 0.717) is 5.92 Å². The molecule has 0 aliphatic carbocycles. The number of nitrogens with zero attached hydrogens (tertiary/aromatic N) is 1. The highest BCUT2D eigenvalue weighted by atomic mass is 16.2. The maximum atomic E-state index is 11.7. The van der Waals surface area contributed by atoms with Gasteiger partial charge in [0.25, 0.3) is 0 Å². The summed E-state index contributed by atoms with van der Waals surface area (Å²) in [4.78, 5) is 13.9. The Morgan fingerprint density at radius 3 is 2.36 bits per heavy atom. The van der Waals surface area contributed by atoms with Gasteiger partial charge < -0.3 is 5.32 Å². The highest BCUT2D eigenvalue weighted by molar-refractivity contribution is 5.81. The number of carbonyl (C=O) groups excluding carboxylic acids is 1. The largest absolute Gasteiger partial charge is 0.354 e. The lowest BCUT2D eigenvalue weighted by Gasteiger charge is -2.23. The van der Waals surface area contributed by atoms with E-state index in [1.807, 2.05) is 6.92 Å². The van der Waals surface area contributed by atoms with Crippen LogP contribution in [-0.2, 0) is 4.79 Å². The zero-order chi connectivity index (χ0) is 10.6. The van der Waals surface area contributed by atoms with Gasteiger partial charge in [0.2, 0.25) is 5.91 Å². The van der Waals surface area contributed by atoms with Crippen LogP contribution in [0.15, 0.2) is 0 Å². The van der Waals surface area contributed by atoms with Crippen molar-refractivity contribution >= 4 is 5.91 Å². The van der Waals surface area contributed by atoms with Crippen molar-refractivity contribution in [3.63, 3.8) is 0 Å². The van der Waals surface area contributed by atoms with Crippen LogP contribution >= 0.6 is 0 Å². The second-order valence-corrected chi connectivity index (χ2v) is 4.56. The first-order chi connectivity index (χ1) is 6.61. The van der Waals surface area contributed by atoms with Gasteiger partial charge in [0.15, 0.2) is 0 Å². The van der Waals surface area contributed by atoms with Crippen LogP contribution in [-0.4, -0.2) is 36.5 Å². The molecule has 0 saturated carbocycles. The summed E-state index contributed by atoms with van der Waals surface area (Å²) in [5.41, 5.74) is 0. The monoisotopic (exact) mass is 198 g/mol. The van der Waals surface area contributed by atoms with Gasteiger partial charge in [-0.3, -0.25) is 9.69 Å². The van der Waals surface area contributed by atoms with Crippen molar-refractivity contribution in [2.75, 3.05) is 19.6 Å². The fourth-order valence-corrected chi connectivity index (χ4v) is 1.75.